The highest BCUT2D eigenvalue weighted by molar-refractivity contribution is 5.73. The lowest BCUT2D eigenvalue weighted by Crippen LogP contribution is -2.15. The van der Waals surface area contributed by atoms with E-state index in [0.717, 1.165) is 37.2 Å². The van der Waals surface area contributed by atoms with Crippen LogP contribution in [0.2, 0.25) is 0 Å². The Morgan fingerprint density at radius 1 is 1.24 bits per heavy atom. The summed E-state index contributed by atoms with van der Waals surface area (Å²) >= 11 is 0. The average Bonchev–Trinajstić information content (AvgIpc) is 2.33. The summed E-state index contributed by atoms with van der Waals surface area (Å²) in [6.45, 7) is 1.75. The third-order valence-corrected chi connectivity index (χ3v) is 2.27. The molecule has 3 nitrogen and oxygen atoms in total. The zero-order chi connectivity index (χ0) is 12.5. The van der Waals surface area contributed by atoms with Gasteiger partial charge in [0.15, 0.2) is 0 Å². The second-order valence-corrected chi connectivity index (χ2v) is 4.07. The van der Waals surface area contributed by atoms with Crippen LogP contribution in [-0.4, -0.2) is 38.4 Å². The van der Waals surface area contributed by atoms with Crippen LogP contribution in [0.5, 0.6) is 5.75 Å². The standard InChI is InChI=1S/C14H19NO2/c1-15(2)10-4-12-17-14-8-6-13(7-9-14)5-3-11-16/h3,5-9,11H,4,10,12H2,1-2H3. The molecule has 1 aromatic rings. The minimum absolute atomic E-state index is 0.724. The number of ether oxygens (including phenoxy) is 1. The molecule has 3 heteroatoms. The molecule has 0 spiro atoms. The number of allylic oxidation sites excluding steroid dienone is 1. The highest BCUT2D eigenvalue weighted by atomic mass is 16.5. The Bertz CT molecular complexity index is 355. The Labute approximate surface area is 103 Å². The van der Waals surface area contributed by atoms with Crippen molar-refractivity contribution in [2.45, 2.75) is 6.42 Å². The summed E-state index contributed by atoms with van der Waals surface area (Å²) < 4.78 is 5.60. The fourth-order valence-electron chi connectivity index (χ4n) is 1.40. The summed E-state index contributed by atoms with van der Waals surface area (Å²) in [6, 6.07) is 7.70. The van der Waals surface area contributed by atoms with Gasteiger partial charge in [-0.15, -0.1) is 0 Å². The lowest BCUT2D eigenvalue weighted by atomic mass is 10.2. The second-order valence-electron chi connectivity index (χ2n) is 4.07. The molecule has 0 N–H and O–H groups in total. The molecule has 0 amide bonds. The van der Waals surface area contributed by atoms with Crippen molar-refractivity contribution < 1.29 is 9.53 Å². The molecule has 1 rings (SSSR count). The first kappa shape index (κ1) is 13.5. The van der Waals surface area contributed by atoms with Crippen LogP contribution in [0.3, 0.4) is 0 Å². The Hall–Kier alpha value is -1.61. The van der Waals surface area contributed by atoms with Crippen LogP contribution in [-0.2, 0) is 4.79 Å². The zero-order valence-corrected chi connectivity index (χ0v) is 10.4. The largest absolute Gasteiger partial charge is 0.494 e. The second kappa shape index (κ2) is 7.63. The average molecular weight is 233 g/mol. The van der Waals surface area contributed by atoms with E-state index in [1.54, 1.807) is 6.08 Å². The molecule has 92 valence electrons. The van der Waals surface area contributed by atoms with Gasteiger partial charge in [-0.05, 0) is 44.3 Å². The van der Waals surface area contributed by atoms with Gasteiger partial charge in [-0.3, -0.25) is 4.79 Å². The third kappa shape index (κ3) is 5.88. The molecule has 0 saturated carbocycles. The molecule has 1 aromatic carbocycles. The summed E-state index contributed by atoms with van der Waals surface area (Å²) in [6.07, 6.45) is 5.03. The number of carbonyl (C=O) groups is 1. The molecule has 0 radical (unpaired) electrons. The van der Waals surface area contributed by atoms with Gasteiger partial charge < -0.3 is 9.64 Å². The fraction of sp³-hybridized carbons (Fsp3) is 0.357. The maximum atomic E-state index is 10.2. The molecule has 0 fully saturated rings. The first-order valence-electron chi connectivity index (χ1n) is 5.72. The van der Waals surface area contributed by atoms with Crippen molar-refractivity contribution in [2.75, 3.05) is 27.2 Å². The molecule has 0 heterocycles. The van der Waals surface area contributed by atoms with E-state index in [9.17, 15) is 4.79 Å². The van der Waals surface area contributed by atoms with Crippen LogP contribution in [0.1, 0.15) is 12.0 Å². The Kier molecular flexibility index (Phi) is 6.04. The van der Waals surface area contributed by atoms with Crippen molar-refractivity contribution in [1.82, 2.24) is 4.90 Å². The predicted octanol–water partition coefficient (Wildman–Crippen LogP) is 2.23. The molecule has 0 aliphatic carbocycles. The van der Waals surface area contributed by atoms with Gasteiger partial charge in [-0.25, -0.2) is 0 Å². The summed E-state index contributed by atoms with van der Waals surface area (Å²) in [4.78, 5) is 12.3. The van der Waals surface area contributed by atoms with Crippen molar-refractivity contribution in [3.8, 4) is 5.75 Å². The van der Waals surface area contributed by atoms with E-state index in [1.165, 1.54) is 6.08 Å². The molecule has 17 heavy (non-hydrogen) atoms. The van der Waals surface area contributed by atoms with Crippen molar-refractivity contribution in [3.05, 3.63) is 35.9 Å². The van der Waals surface area contributed by atoms with Gasteiger partial charge in [0.05, 0.1) is 6.61 Å². The number of rotatable bonds is 7. The summed E-state index contributed by atoms with van der Waals surface area (Å²) in [5, 5.41) is 0. The van der Waals surface area contributed by atoms with Crippen LogP contribution in [0.4, 0.5) is 0 Å². The zero-order valence-electron chi connectivity index (χ0n) is 10.4. The van der Waals surface area contributed by atoms with E-state index in [-0.39, 0.29) is 0 Å². The Morgan fingerprint density at radius 3 is 2.53 bits per heavy atom. The molecular weight excluding hydrogens is 214 g/mol. The summed E-state index contributed by atoms with van der Waals surface area (Å²) in [7, 11) is 4.10. The van der Waals surface area contributed by atoms with Gasteiger partial charge in [0.1, 0.15) is 12.0 Å². The van der Waals surface area contributed by atoms with Crippen LogP contribution in [0, 0.1) is 0 Å². The highest BCUT2D eigenvalue weighted by Gasteiger charge is 1.94. The van der Waals surface area contributed by atoms with Gasteiger partial charge in [-0.1, -0.05) is 18.2 Å². The van der Waals surface area contributed by atoms with E-state index in [4.69, 9.17) is 4.74 Å². The lowest BCUT2D eigenvalue weighted by Gasteiger charge is -2.10. The van der Waals surface area contributed by atoms with Gasteiger partial charge in [0.2, 0.25) is 0 Å². The van der Waals surface area contributed by atoms with Crippen LogP contribution in [0.25, 0.3) is 6.08 Å². The molecule has 0 aliphatic heterocycles. The van der Waals surface area contributed by atoms with Gasteiger partial charge in [-0.2, -0.15) is 0 Å². The topological polar surface area (TPSA) is 29.5 Å². The highest BCUT2D eigenvalue weighted by Crippen LogP contribution is 2.13. The number of nitrogens with zero attached hydrogens (tertiary/aromatic N) is 1. The van der Waals surface area contributed by atoms with Crippen LogP contribution >= 0.6 is 0 Å². The Morgan fingerprint density at radius 2 is 1.94 bits per heavy atom. The van der Waals surface area contributed by atoms with Crippen molar-refractivity contribution in [1.29, 1.82) is 0 Å². The molecule has 0 bridgehead atoms. The maximum Gasteiger partial charge on any atom is 0.142 e. The molecule has 0 aliphatic rings. The van der Waals surface area contributed by atoms with E-state index in [1.807, 2.05) is 38.4 Å². The minimum atomic E-state index is 0.724. The van der Waals surface area contributed by atoms with Crippen LogP contribution in [0.15, 0.2) is 30.3 Å². The number of benzene rings is 1. The quantitative estimate of drug-likeness (QED) is 0.411. The lowest BCUT2D eigenvalue weighted by molar-refractivity contribution is -0.104. The number of hydrogen-bond acceptors (Lipinski definition) is 3. The molecule has 0 unspecified atom stereocenters. The molecule has 0 aromatic heterocycles. The fourth-order valence-corrected chi connectivity index (χ4v) is 1.40. The number of aldehydes is 1. The monoisotopic (exact) mass is 233 g/mol. The third-order valence-electron chi connectivity index (χ3n) is 2.27. The number of carbonyl (C=O) groups excluding carboxylic acids is 1. The smallest absolute Gasteiger partial charge is 0.142 e. The van der Waals surface area contributed by atoms with Crippen LogP contribution < -0.4 is 4.74 Å². The minimum Gasteiger partial charge on any atom is -0.494 e. The first-order valence-corrected chi connectivity index (χ1v) is 5.72. The van der Waals surface area contributed by atoms with Gasteiger partial charge >= 0.3 is 0 Å². The molecule has 0 atom stereocenters. The molecule has 0 saturated heterocycles. The van der Waals surface area contributed by atoms with E-state index in [2.05, 4.69) is 4.90 Å². The SMILES string of the molecule is CN(C)CCCOc1ccc(C=CC=O)cc1. The Balaban J connectivity index is 2.35. The summed E-state index contributed by atoms with van der Waals surface area (Å²) in [5.41, 5.74) is 0.998. The normalized spacial score (nSPS) is 11.0. The van der Waals surface area contributed by atoms with Crippen molar-refractivity contribution in [3.63, 3.8) is 0 Å². The van der Waals surface area contributed by atoms with E-state index >= 15 is 0 Å². The van der Waals surface area contributed by atoms with Gasteiger partial charge in [0, 0.05) is 6.54 Å². The van der Waals surface area contributed by atoms with Gasteiger partial charge in [0.25, 0.3) is 0 Å². The van der Waals surface area contributed by atoms with Crippen molar-refractivity contribution >= 4 is 12.4 Å². The van der Waals surface area contributed by atoms with E-state index < -0.39 is 0 Å². The van der Waals surface area contributed by atoms with E-state index in [0.29, 0.717) is 0 Å². The molecular formula is C14H19NO2. The maximum absolute atomic E-state index is 10.2. The number of hydrogen-bond donors (Lipinski definition) is 0. The van der Waals surface area contributed by atoms with Crippen molar-refractivity contribution in [2.24, 2.45) is 0 Å². The first-order chi connectivity index (χ1) is 8.22. The predicted molar refractivity (Wildman–Crippen MR) is 70.2 cm³/mol. The summed E-state index contributed by atoms with van der Waals surface area (Å²) in [5.74, 6) is 0.868.